The summed E-state index contributed by atoms with van der Waals surface area (Å²) in [5.74, 6) is 2.39. The van der Waals surface area contributed by atoms with Gasteiger partial charge in [0.1, 0.15) is 11.6 Å². The second-order valence-electron chi connectivity index (χ2n) is 8.72. The number of piperidine rings is 1. The Labute approximate surface area is 182 Å². The Bertz CT molecular complexity index is 1120. The number of nitrogens with one attached hydrogen (secondary N) is 3. The third-order valence-corrected chi connectivity index (χ3v) is 6.81. The summed E-state index contributed by atoms with van der Waals surface area (Å²) in [7, 11) is 0. The van der Waals surface area contributed by atoms with Gasteiger partial charge < -0.3 is 10.6 Å². The number of fused-ring (bicyclic) bond motifs is 3. The highest BCUT2D eigenvalue weighted by atomic mass is 15.2. The van der Waals surface area contributed by atoms with Gasteiger partial charge >= 0.3 is 0 Å². The summed E-state index contributed by atoms with van der Waals surface area (Å²) in [6.07, 6.45) is 7.05. The third-order valence-electron chi connectivity index (χ3n) is 6.81. The number of anilines is 3. The van der Waals surface area contributed by atoms with E-state index in [4.69, 9.17) is 10.2 Å². The lowest BCUT2D eigenvalue weighted by molar-refractivity contribution is 0.136. The van der Waals surface area contributed by atoms with Gasteiger partial charge in [-0.2, -0.15) is 10.4 Å². The lowest BCUT2D eigenvalue weighted by Crippen LogP contribution is -2.47. The molecule has 0 saturated carbocycles. The van der Waals surface area contributed by atoms with Gasteiger partial charge in [-0.3, -0.25) is 15.0 Å². The molecule has 3 aromatic rings. The zero-order valence-corrected chi connectivity index (χ0v) is 18.0. The van der Waals surface area contributed by atoms with E-state index < -0.39 is 0 Å². The Balaban J connectivity index is 1.39. The Morgan fingerprint density at radius 2 is 2.03 bits per heavy atom. The van der Waals surface area contributed by atoms with Crippen molar-refractivity contribution >= 4 is 28.4 Å². The number of nitrogens with zero attached hydrogens (tertiary/aromatic N) is 5. The van der Waals surface area contributed by atoms with Gasteiger partial charge in [0.2, 0.25) is 0 Å². The molecule has 0 radical (unpaired) electrons. The van der Waals surface area contributed by atoms with E-state index in [1.807, 2.05) is 32.2 Å². The van der Waals surface area contributed by atoms with Crippen LogP contribution in [0.5, 0.6) is 0 Å². The molecule has 2 aliphatic rings. The van der Waals surface area contributed by atoms with E-state index in [1.54, 1.807) is 0 Å². The Hall–Kier alpha value is -3.18. The average molecular weight is 417 g/mol. The minimum absolute atomic E-state index is 0.372. The Morgan fingerprint density at radius 3 is 2.74 bits per heavy atom. The van der Waals surface area contributed by atoms with Crippen LogP contribution in [0.15, 0.2) is 24.4 Å². The van der Waals surface area contributed by atoms with E-state index in [0.717, 1.165) is 59.0 Å². The van der Waals surface area contributed by atoms with Crippen molar-refractivity contribution in [2.24, 2.45) is 0 Å². The molecular weight excluding hydrogens is 388 g/mol. The van der Waals surface area contributed by atoms with Crippen LogP contribution in [0.3, 0.4) is 0 Å². The molecule has 160 valence electrons. The first-order valence-corrected chi connectivity index (χ1v) is 11.1. The van der Waals surface area contributed by atoms with Crippen LogP contribution in [0, 0.1) is 25.2 Å². The summed E-state index contributed by atoms with van der Waals surface area (Å²) in [6.45, 7) is 4.94. The van der Waals surface area contributed by atoms with Crippen molar-refractivity contribution in [1.82, 2.24) is 25.1 Å². The molecule has 8 heteroatoms. The SMILES string of the molecule is Cc1[nH]nc(Nc2cc3ncccc3c(NC3CC4CCC(C3)N4CCC#N)n2)c1C. The van der Waals surface area contributed by atoms with Crippen molar-refractivity contribution in [3.8, 4) is 6.07 Å². The fraction of sp³-hybridized carbons (Fsp3) is 0.478. The maximum atomic E-state index is 8.97. The van der Waals surface area contributed by atoms with E-state index in [1.165, 1.54) is 12.8 Å². The topological polar surface area (TPSA) is 106 Å². The first-order valence-electron chi connectivity index (χ1n) is 11.1. The molecule has 3 aromatic heterocycles. The van der Waals surface area contributed by atoms with Crippen LogP contribution < -0.4 is 10.6 Å². The molecular formula is C23H28N8. The van der Waals surface area contributed by atoms with Crippen molar-refractivity contribution in [1.29, 1.82) is 5.26 Å². The number of aryl methyl sites for hydroxylation is 1. The first-order chi connectivity index (χ1) is 15.1. The van der Waals surface area contributed by atoms with E-state index in [0.29, 0.717) is 24.5 Å². The van der Waals surface area contributed by atoms with Crippen LogP contribution in [0.2, 0.25) is 0 Å². The van der Waals surface area contributed by atoms with Crippen molar-refractivity contribution < 1.29 is 0 Å². The molecule has 5 rings (SSSR count). The van der Waals surface area contributed by atoms with Crippen molar-refractivity contribution in [2.45, 2.75) is 64.1 Å². The lowest BCUT2D eigenvalue weighted by Gasteiger charge is -2.39. The number of aromatic nitrogens is 4. The standard InChI is InChI=1S/C23H28N8/c1-14-15(2)29-30-22(14)27-21-13-20-19(5-3-9-25-20)23(28-21)26-16-11-17-6-7-18(12-16)31(17)10-4-8-24/h3,5,9,13,16-18H,4,6-7,10-12H2,1-2H3,(H3,26,27,28,29,30). The van der Waals surface area contributed by atoms with Crippen LogP contribution in [-0.4, -0.2) is 49.7 Å². The van der Waals surface area contributed by atoms with Gasteiger partial charge in [0.15, 0.2) is 5.82 Å². The fourth-order valence-corrected chi connectivity index (χ4v) is 5.11. The Morgan fingerprint density at radius 1 is 1.23 bits per heavy atom. The second-order valence-corrected chi connectivity index (χ2v) is 8.72. The maximum Gasteiger partial charge on any atom is 0.156 e. The number of pyridine rings is 2. The van der Waals surface area contributed by atoms with E-state index in [9.17, 15) is 0 Å². The van der Waals surface area contributed by atoms with Gasteiger partial charge in [0, 0.05) is 60.0 Å². The van der Waals surface area contributed by atoms with E-state index in [-0.39, 0.29) is 0 Å². The number of aromatic amines is 1. The predicted molar refractivity (Wildman–Crippen MR) is 121 cm³/mol. The smallest absolute Gasteiger partial charge is 0.156 e. The molecule has 2 aliphatic heterocycles. The van der Waals surface area contributed by atoms with Crippen molar-refractivity contribution in [3.63, 3.8) is 0 Å². The summed E-state index contributed by atoms with van der Waals surface area (Å²) < 4.78 is 0. The van der Waals surface area contributed by atoms with Crippen LogP contribution in [-0.2, 0) is 0 Å². The zero-order valence-electron chi connectivity index (χ0n) is 18.0. The molecule has 2 saturated heterocycles. The van der Waals surface area contributed by atoms with Crippen LogP contribution in [0.25, 0.3) is 10.9 Å². The maximum absolute atomic E-state index is 8.97. The largest absolute Gasteiger partial charge is 0.367 e. The minimum Gasteiger partial charge on any atom is -0.367 e. The molecule has 2 bridgehead atoms. The molecule has 0 aromatic carbocycles. The monoisotopic (exact) mass is 416 g/mol. The molecule has 0 spiro atoms. The summed E-state index contributed by atoms with van der Waals surface area (Å²) >= 11 is 0. The van der Waals surface area contributed by atoms with Gasteiger partial charge in [0.05, 0.1) is 11.6 Å². The molecule has 8 nitrogen and oxygen atoms in total. The highest BCUT2D eigenvalue weighted by Gasteiger charge is 2.40. The second kappa shape index (κ2) is 8.16. The summed E-state index contributed by atoms with van der Waals surface area (Å²) in [5, 5.41) is 24.5. The predicted octanol–water partition coefficient (Wildman–Crippen LogP) is 4.03. The third kappa shape index (κ3) is 3.81. The molecule has 2 unspecified atom stereocenters. The highest BCUT2D eigenvalue weighted by Crippen LogP contribution is 2.37. The van der Waals surface area contributed by atoms with Gasteiger partial charge in [-0.25, -0.2) is 4.98 Å². The molecule has 3 N–H and O–H groups in total. The van der Waals surface area contributed by atoms with Gasteiger partial charge in [-0.1, -0.05) is 0 Å². The number of nitriles is 1. The highest BCUT2D eigenvalue weighted by molar-refractivity contribution is 5.91. The lowest BCUT2D eigenvalue weighted by atomic mass is 9.97. The average Bonchev–Trinajstić information content (AvgIpc) is 3.21. The van der Waals surface area contributed by atoms with E-state index in [2.05, 4.69) is 42.9 Å². The number of hydrogen-bond donors (Lipinski definition) is 3. The summed E-state index contributed by atoms with van der Waals surface area (Å²) in [5.41, 5.74) is 3.03. The van der Waals surface area contributed by atoms with Crippen molar-refractivity contribution in [2.75, 3.05) is 17.2 Å². The molecule has 0 aliphatic carbocycles. The first kappa shape index (κ1) is 19.8. The number of rotatable bonds is 6. The summed E-state index contributed by atoms with van der Waals surface area (Å²) in [6, 6.07) is 9.79. The van der Waals surface area contributed by atoms with Crippen LogP contribution in [0.4, 0.5) is 17.5 Å². The zero-order chi connectivity index (χ0) is 21.4. The van der Waals surface area contributed by atoms with Gasteiger partial charge in [0.25, 0.3) is 0 Å². The molecule has 2 fully saturated rings. The molecule has 31 heavy (non-hydrogen) atoms. The van der Waals surface area contributed by atoms with Crippen molar-refractivity contribution in [3.05, 3.63) is 35.7 Å². The normalized spacial score (nSPS) is 23.1. The molecule has 2 atom stereocenters. The molecule has 0 amide bonds. The molecule has 5 heterocycles. The van der Waals surface area contributed by atoms with Crippen LogP contribution >= 0.6 is 0 Å². The fourth-order valence-electron chi connectivity index (χ4n) is 5.11. The van der Waals surface area contributed by atoms with Crippen LogP contribution in [0.1, 0.15) is 43.4 Å². The quantitative estimate of drug-likeness (QED) is 0.557. The van der Waals surface area contributed by atoms with Gasteiger partial charge in [-0.15, -0.1) is 0 Å². The van der Waals surface area contributed by atoms with Gasteiger partial charge in [-0.05, 0) is 51.7 Å². The number of H-pyrrole nitrogens is 1. The summed E-state index contributed by atoms with van der Waals surface area (Å²) in [4.78, 5) is 12.0. The Kier molecular flexibility index (Phi) is 5.20. The van der Waals surface area contributed by atoms with E-state index >= 15 is 0 Å². The number of hydrogen-bond acceptors (Lipinski definition) is 7. The minimum atomic E-state index is 0.372.